The van der Waals surface area contributed by atoms with Crippen LogP contribution in [0.15, 0.2) is 150 Å². The van der Waals surface area contributed by atoms with Gasteiger partial charge in [0.1, 0.15) is 0 Å². The Hall–Kier alpha value is -5.61. The van der Waals surface area contributed by atoms with E-state index in [1.54, 1.807) is 0 Å². The third-order valence-corrected chi connectivity index (χ3v) is 9.13. The fourth-order valence-corrected chi connectivity index (χ4v) is 6.81. The number of allylic oxidation sites excluding steroid dienone is 4. The van der Waals surface area contributed by atoms with Crippen molar-refractivity contribution in [2.45, 2.75) is 32.6 Å². The normalized spacial score (nSPS) is 14.2. The molecule has 0 spiro atoms. The molecule has 222 valence electrons. The first kappa shape index (κ1) is 27.9. The zero-order chi connectivity index (χ0) is 30.9. The maximum atomic E-state index is 5.29. The molecular formula is C42H34N4. The number of hydrogen-bond donors (Lipinski definition) is 0. The zero-order valence-electron chi connectivity index (χ0n) is 25.9. The Morgan fingerprint density at radius 3 is 1.93 bits per heavy atom. The molecule has 46 heavy (non-hydrogen) atoms. The van der Waals surface area contributed by atoms with Crippen LogP contribution in [0, 0.1) is 0 Å². The van der Waals surface area contributed by atoms with Gasteiger partial charge in [0.05, 0.1) is 5.69 Å². The van der Waals surface area contributed by atoms with Gasteiger partial charge in [-0.25, -0.2) is 0 Å². The van der Waals surface area contributed by atoms with E-state index in [-0.39, 0.29) is 0 Å². The largest absolute Gasteiger partial charge is 0.275 e. The Bertz CT molecular complexity index is 2130. The number of hydrogen-bond acceptors (Lipinski definition) is 3. The van der Waals surface area contributed by atoms with Gasteiger partial charge in [0.2, 0.25) is 0 Å². The Morgan fingerprint density at radius 1 is 0.587 bits per heavy atom. The average Bonchev–Trinajstić information content (AvgIpc) is 3.59. The number of para-hydroxylation sites is 2. The number of aromatic nitrogens is 3. The number of aliphatic imine (C=N–C) groups is 1. The van der Waals surface area contributed by atoms with Crippen molar-refractivity contribution in [3.8, 4) is 28.5 Å². The van der Waals surface area contributed by atoms with Crippen LogP contribution in [0.1, 0.15) is 48.4 Å². The summed E-state index contributed by atoms with van der Waals surface area (Å²) in [7, 11) is 0. The summed E-state index contributed by atoms with van der Waals surface area (Å²) in [4.78, 5) is 5.29. The van der Waals surface area contributed by atoms with Crippen LogP contribution in [0.4, 0.5) is 5.69 Å². The first-order chi connectivity index (χ1) is 22.8. The molecule has 2 heterocycles. The van der Waals surface area contributed by atoms with Crippen LogP contribution in [-0.4, -0.2) is 20.5 Å². The van der Waals surface area contributed by atoms with Crippen LogP contribution in [0.2, 0.25) is 0 Å². The monoisotopic (exact) mass is 594 g/mol. The predicted molar refractivity (Wildman–Crippen MR) is 189 cm³/mol. The highest BCUT2D eigenvalue weighted by molar-refractivity contribution is 6.12. The Balaban J connectivity index is 1.21. The summed E-state index contributed by atoms with van der Waals surface area (Å²) in [5.74, 6) is 1.65. The van der Waals surface area contributed by atoms with E-state index in [0.29, 0.717) is 0 Å². The molecule has 0 radical (unpaired) electrons. The molecule has 8 rings (SSSR count). The van der Waals surface area contributed by atoms with Crippen LogP contribution in [0.5, 0.6) is 0 Å². The maximum absolute atomic E-state index is 5.29. The van der Waals surface area contributed by atoms with E-state index in [1.807, 2.05) is 24.3 Å². The van der Waals surface area contributed by atoms with Gasteiger partial charge in [0.15, 0.2) is 11.6 Å². The maximum Gasteiger partial charge on any atom is 0.168 e. The van der Waals surface area contributed by atoms with Gasteiger partial charge >= 0.3 is 0 Å². The Labute approximate surface area is 270 Å². The van der Waals surface area contributed by atoms with Gasteiger partial charge in [-0.2, -0.15) is 0 Å². The van der Waals surface area contributed by atoms with Crippen molar-refractivity contribution in [1.82, 2.24) is 14.8 Å². The zero-order valence-corrected chi connectivity index (χ0v) is 25.9. The van der Waals surface area contributed by atoms with Crippen molar-refractivity contribution in [3.05, 3.63) is 167 Å². The lowest BCUT2D eigenvalue weighted by molar-refractivity contribution is 1.05. The van der Waals surface area contributed by atoms with Crippen LogP contribution < -0.4 is 0 Å². The summed E-state index contributed by atoms with van der Waals surface area (Å²) in [6, 6.07) is 47.0. The minimum atomic E-state index is 0.825. The molecule has 0 bridgehead atoms. The quantitative estimate of drug-likeness (QED) is 0.199. The summed E-state index contributed by atoms with van der Waals surface area (Å²) in [5.41, 5.74) is 14.6. The first-order valence-electron chi connectivity index (χ1n) is 16.1. The van der Waals surface area contributed by atoms with Crippen molar-refractivity contribution in [1.29, 1.82) is 0 Å². The van der Waals surface area contributed by atoms with E-state index >= 15 is 0 Å². The summed E-state index contributed by atoms with van der Waals surface area (Å²) < 4.78 is 2.15. The molecule has 0 amide bonds. The highest BCUT2D eigenvalue weighted by atomic mass is 15.3. The minimum absolute atomic E-state index is 0.825. The highest BCUT2D eigenvalue weighted by Crippen LogP contribution is 2.41. The van der Waals surface area contributed by atoms with Gasteiger partial charge in [0, 0.05) is 34.5 Å². The summed E-state index contributed by atoms with van der Waals surface area (Å²) >= 11 is 0. The Morgan fingerprint density at radius 2 is 1.20 bits per heavy atom. The van der Waals surface area contributed by atoms with Gasteiger partial charge < -0.3 is 0 Å². The van der Waals surface area contributed by atoms with E-state index < -0.39 is 0 Å². The van der Waals surface area contributed by atoms with E-state index in [2.05, 4.69) is 132 Å². The van der Waals surface area contributed by atoms with Crippen molar-refractivity contribution in [3.63, 3.8) is 0 Å². The first-order valence-corrected chi connectivity index (χ1v) is 16.1. The van der Waals surface area contributed by atoms with E-state index in [4.69, 9.17) is 10.1 Å². The molecule has 1 aliphatic heterocycles. The lowest BCUT2D eigenvalue weighted by atomic mass is 9.81. The van der Waals surface area contributed by atoms with Gasteiger partial charge in [-0.1, -0.05) is 122 Å². The van der Waals surface area contributed by atoms with Crippen LogP contribution >= 0.6 is 0 Å². The van der Waals surface area contributed by atoms with Crippen LogP contribution in [0.25, 0.3) is 39.6 Å². The molecule has 0 N–H and O–H groups in total. The van der Waals surface area contributed by atoms with Gasteiger partial charge in [0.25, 0.3) is 0 Å². The van der Waals surface area contributed by atoms with Gasteiger partial charge in [-0.05, 0) is 76.9 Å². The summed E-state index contributed by atoms with van der Waals surface area (Å²) in [6.07, 6.45) is 6.13. The number of fused-ring (bicyclic) bond motifs is 3. The van der Waals surface area contributed by atoms with Gasteiger partial charge in [-0.3, -0.25) is 9.56 Å². The van der Waals surface area contributed by atoms with Crippen molar-refractivity contribution < 1.29 is 0 Å². The molecule has 2 aliphatic rings. The molecule has 5 aromatic carbocycles. The van der Waals surface area contributed by atoms with E-state index in [0.717, 1.165) is 65.5 Å². The molecule has 1 aliphatic carbocycles. The van der Waals surface area contributed by atoms with Gasteiger partial charge in [-0.15, -0.1) is 10.2 Å². The fourth-order valence-electron chi connectivity index (χ4n) is 6.81. The molecule has 1 aromatic heterocycles. The molecule has 0 unspecified atom stereocenters. The average molecular weight is 595 g/mol. The lowest BCUT2D eigenvalue weighted by Crippen LogP contribution is -2.08. The topological polar surface area (TPSA) is 43.1 Å². The smallest absolute Gasteiger partial charge is 0.168 e. The Kier molecular flexibility index (Phi) is 7.31. The minimum Gasteiger partial charge on any atom is -0.275 e. The summed E-state index contributed by atoms with van der Waals surface area (Å²) in [5, 5.41) is 9.35. The number of rotatable bonds is 5. The number of nitrogens with zero attached hydrogens (tertiary/aromatic N) is 4. The molecular weight excluding hydrogens is 560 g/mol. The second kappa shape index (κ2) is 12.1. The van der Waals surface area contributed by atoms with Crippen LogP contribution in [-0.2, 0) is 6.42 Å². The fraction of sp³-hybridized carbons (Fsp3) is 0.119. The van der Waals surface area contributed by atoms with E-state index in [9.17, 15) is 0 Å². The second-order valence-corrected chi connectivity index (χ2v) is 11.9. The van der Waals surface area contributed by atoms with Crippen molar-refractivity contribution >= 4 is 22.5 Å². The SMILES string of the molecule is CCC1=Nc2ccccc2Cc2ccccc2C2=C1C=C(c1ccc(-c3nnc(-c4ccccc4)n3-c3ccccc3)cc1)CC2. The molecule has 4 nitrogen and oxygen atoms in total. The molecule has 0 saturated carbocycles. The van der Waals surface area contributed by atoms with E-state index in [1.165, 1.54) is 39.0 Å². The molecule has 4 heteroatoms. The highest BCUT2D eigenvalue weighted by Gasteiger charge is 2.23. The second-order valence-electron chi connectivity index (χ2n) is 11.9. The molecule has 0 saturated heterocycles. The standard InChI is InChI=1S/C42H34N4/c1-2-39-38-28-32(25-26-37(38)36-19-11-9-15-33(36)27-34-16-10-12-20-40(34)43-39)29-21-23-31(24-22-29)42-45-44-41(30-13-5-3-6-14-30)46(42)35-17-7-4-8-18-35/h3-24,28H,2,25-27H2,1H3. The third-order valence-electron chi connectivity index (χ3n) is 9.13. The van der Waals surface area contributed by atoms with Crippen molar-refractivity contribution in [2.75, 3.05) is 0 Å². The predicted octanol–water partition coefficient (Wildman–Crippen LogP) is 10.3. The molecule has 6 aromatic rings. The molecule has 0 atom stereocenters. The lowest BCUT2D eigenvalue weighted by Gasteiger charge is -2.23. The summed E-state index contributed by atoms with van der Waals surface area (Å²) in [6.45, 7) is 2.22. The van der Waals surface area contributed by atoms with Crippen molar-refractivity contribution in [2.24, 2.45) is 4.99 Å². The molecule has 0 fully saturated rings. The number of benzene rings is 5. The third kappa shape index (κ3) is 5.12. The van der Waals surface area contributed by atoms with Crippen LogP contribution in [0.3, 0.4) is 0 Å².